The summed E-state index contributed by atoms with van der Waals surface area (Å²) >= 11 is 0. The van der Waals surface area contributed by atoms with Crippen LogP contribution in [-0.4, -0.2) is 118 Å². The van der Waals surface area contributed by atoms with Crippen LogP contribution in [-0.2, 0) is 39.9 Å². The molecule has 0 aliphatic carbocycles. The first-order valence-corrected chi connectivity index (χ1v) is 19.8. The molecule has 0 bridgehead atoms. The number of hydrogen-bond donors (Lipinski definition) is 4. The number of piperidine rings is 1. The summed E-state index contributed by atoms with van der Waals surface area (Å²) in [7, 11) is 0. The number of nitrogens with one attached hydrogen (secondary N) is 4. The Kier molecular flexibility index (Phi) is 13.1. The van der Waals surface area contributed by atoms with Gasteiger partial charge in [0.1, 0.15) is 54.0 Å². The van der Waals surface area contributed by atoms with Crippen LogP contribution in [0.2, 0.25) is 0 Å². The Hall–Kier alpha value is -6.12. The predicted octanol–water partition coefficient (Wildman–Crippen LogP) is 2.05. The summed E-state index contributed by atoms with van der Waals surface area (Å²) in [5, 5.41) is 20.2. The first kappa shape index (κ1) is 42.5. The zero-order valence-electron chi connectivity index (χ0n) is 33.0. The van der Waals surface area contributed by atoms with Crippen molar-refractivity contribution < 1.29 is 47.1 Å². The Labute approximate surface area is 339 Å². The predicted molar refractivity (Wildman–Crippen MR) is 206 cm³/mol. The summed E-state index contributed by atoms with van der Waals surface area (Å²) in [6.45, 7) is 4.83. The first-order valence-electron chi connectivity index (χ1n) is 19.8. The van der Waals surface area contributed by atoms with Crippen LogP contribution < -0.4 is 21.3 Å². The van der Waals surface area contributed by atoms with Crippen molar-refractivity contribution in [1.29, 1.82) is 5.26 Å². The van der Waals surface area contributed by atoms with Crippen LogP contribution in [0.4, 0.5) is 19.3 Å². The molecule has 0 aromatic heterocycles. The van der Waals surface area contributed by atoms with Crippen LogP contribution in [0.15, 0.2) is 42.5 Å². The Morgan fingerprint density at radius 3 is 2.24 bits per heavy atom. The standard InChI is InChI=1S/C41H48F2N8O8/c1-22-9-11-29(12-10-22)46-41(58)47-30(17-25-15-27(42)19-28(43)16-25)35(52)48-34-24(3)59-40(57)33-18-26(20-44)21-51(33)37(54)23(2)45-36(53)31-7-4-5-13-49(31)38(55)32-8-6-14-50(32)39(34)56/h9-12,15-16,19,23-24,26,30-34H,4-8,13-14,17-18,21H2,1-3H3,(H,45,53)(H,48,52)(H2,46,47,58)/t23-,24-,26-,30-,31-,32-,33-,34-/m0/s1. The van der Waals surface area contributed by atoms with Crippen LogP contribution in [0.5, 0.6) is 0 Å². The minimum Gasteiger partial charge on any atom is -0.458 e. The lowest BCUT2D eigenvalue weighted by Gasteiger charge is -2.39. The quantitative estimate of drug-likeness (QED) is 0.314. The number of urea groups is 1. The molecule has 2 aromatic carbocycles. The van der Waals surface area contributed by atoms with Gasteiger partial charge in [0.05, 0.1) is 12.0 Å². The van der Waals surface area contributed by atoms with Crippen LogP contribution in [0, 0.1) is 35.8 Å². The smallest absolute Gasteiger partial charge is 0.329 e. The van der Waals surface area contributed by atoms with Crippen molar-refractivity contribution in [3.05, 3.63) is 65.2 Å². The van der Waals surface area contributed by atoms with E-state index in [-0.39, 0.29) is 38.0 Å². The molecule has 59 heavy (non-hydrogen) atoms. The van der Waals surface area contributed by atoms with Crippen molar-refractivity contribution in [2.24, 2.45) is 5.92 Å². The molecule has 4 aliphatic rings. The number of hydrogen-bond acceptors (Lipinski definition) is 9. The molecule has 18 heteroatoms. The van der Waals surface area contributed by atoms with Gasteiger partial charge < -0.3 is 40.7 Å². The zero-order chi connectivity index (χ0) is 42.5. The fourth-order valence-electron chi connectivity index (χ4n) is 8.24. The second-order valence-electron chi connectivity index (χ2n) is 15.7. The number of nitrogens with zero attached hydrogens (tertiary/aromatic N) is 4. The van der Waals surface area contributed by atoms with Gasteiger partial charge in [0.15, 0.2) is 0 Å². The highest BCUT2D eigenvalue weighted by atomic mass is 19.1. The van der Waals surface area contributed by atoms with Gasteiger partial charge in [-0.25, -0.2) is 18.4 Å². The fraction of sp³-hybridized carbons (Fsp3) is 0.512. The molecule has 6 rings (SSSR count). The Balaban J connectivity index is 1.35. The van der Waals surface area contributed by atoms with E-state index in [0.717, 1.165) is 22.6 Å². The highest BCUT2D eigenvalue weighted by Crippen LogP contribution is 2.29. The number of cyclic esters (lactones) is 1. The molecule has 0 saturated carbocycles. The van der Waals surface area contributed by atoms with Gasteiger partial charge in [-0.3, -0.25) is 24.0 Å². The molecule has 0 radical (unpaired) electrons. The molecule has 4 fully saturated rings. The first-order chi connectivity index (χ1) is 28.1. The molecule has 4 saturated heterocycles. The van der Waals surface area contributed by atoms with Crippen molar-refractivity contribution in [3.63, 3.8) is 0 Å². The number of carbonyl (C=O) groups is 7. The van der Waals surface area contributed by atoms with Crippen LogP contribution >= 0.6 is 0 Å². The summed E-state index contributed by atoms with van der Waals surface area (Å²) < 4.78 is 34.5. The molecule has 16 nitrogen and oxygen atoms in total. The summed E-state index contributed by atoms with van der Waals surface area (Å²) in [6.07, 6.45) is 0.197. The van der Waals surface area contributed by atoms with E-state index in [2.05, 4.69) is 27.3 Å². The second kappa shape index (κ2) is 18.2. The number of halogens is 2. The normalized spacial score (nSPS) is 27.1. The molecular formula is C41H48F2N8O8. The third kappa shape index (κ3) is 9.78. The van der Waals surface area contributed by atoms with E-state index in [1.807, 2.05) is 6.92 Å². The number of amides is 7. The van der Waals surface area contributed by atoms with Crippen LogP contribution in [0.3, 0.4) is 0 Å². The van der Waals surface area contributed by atoms with Gasteiger partial charge in [0.25, 0.3) is 0 Å². The third-order valence-electron chi connectivity index (χ3n) is 11.3. The summed E-state index contributed by atoms with van der Waals surface area (Å²) in [6, 6.07) is 2.97. The SMILES string of the molecule is Cc1ccc(NC(=O)N[C@@H](Cc2cc(F)cc(F)c2)C(=O)N[C@@H]2C(=O)N3CCC[C@H]3C(=O)N3CCCC[C@H]3C(=O)N[C@@H](C)C(=O)N3C[C@H](C#N)C[C@H]3C(=O)O[C@H]2C)cc1. The maximum absolute atomic E-state index is 14.7. The van der Waals surface area contributed by atoms with E-state index >= 15 is 0 Å². The van der Waals surface area contributed by atoms with Gasteiger partial charge in [-0.05, 0) is 89.1 Å². The van der Waals surface area contributed by atoms with E-state index in [9.17, 15) is 47.6 Å². The molecule has 7 amide bonds. The number of esters is 1. The van der Waals surface area contributed by atoms with E-state index < -0.39 is 108 Å². The molecule has 2 aromatic rings. The average molecular weight is 819 g/mol. The number of anilines is 1. The molecule has 0 unspecified atom stereocenters. The third-order valence-corrected chi connectivity index (χ3v) is 11.3. The van der Waals surface area contributed by atoms with E-state index in [4.69, 9.17) is 4.74 Å². The Morgan fingerprint density at radius 1 is 0.881 bits per heavy atom. The second-order valence-corrected chi connectivity index (χ2v) is 15.7. The largest absolute Gasteiger partial charge is 0.458 e. The van der Waals surface area contributed by atoms with Gasteiger partial charge in [0.2, 0.25) is 29.5 Å². The summed E-state index contributed by atoms with van der Waals surface area (Å²) in [5.74, 6) is -7.09. The number of benzene rings is 2. The van der Waals surface area contributed by atoms with E-state index in [1.54, 1.807) is 24.3 Å². The van der Waals surface area contributed by atoms with Gasteiger partial charge in [0, 0.05) is 37.8 Å². The number of ether oxygens (including phenoxy) is 1. The Morgan fingerprint density at radius 2 is 1.54 bits per heavy atom. The van der Waals surface area contributed by atoms with Crippen molar-refractivity contribution in [2.45, 2.75) is 108 Å². The topological polar surface area (TPSA) is 210 Å². The summed E-state index contributed by atoms with van der Waals surface area (Å²) in [5.41, 5.74) is 1.30. The van der Waals surface area contributed by atoms with Gasteiger partial charge in [-0.2, -0.15) is 5.26 Å². The molecular weight excluding hydrogens is 770 g/mol. The van der Waals surface area contributed by atoms with Crippen molar-refractivity contribution >= 4 is 47.2 Å². The maximum Gasteiger partial charge on any atom is 0.329 e. The minimum atomic E-state index is -1.68. The average Bonchev–Trinajstić information content (AvgIpc) is 3.87. The lowest BCUT2D eigenvalue weighted by Crippen LogP contribution is -2.63. The van der Waals surface area contributed by atoms with Crippen LogP contribution in [0.25, 0.3) is 0 Å². The number of nitriles is 1. The molecule has 0 spiro atoms. The van der Waals surface area contributed by atoms with E-state index in [1.165, 1.54) is 23.6 Å². The highest BCUT2D eigenvalue weighted by molar-refractivity contribution is 5.99. The number of carbonyl (C=O) groups excluding carboxylic acids is 7. The van der Waals surface area contributed by atoms with Gasteiger partial charge in [-0.1, -0.05) is 17.7 Å². The maximum atomic E-state index is 14.7. The molecule has 4 heterocycles. The van der Waals surface area contributed by atoms with Crippen molar-refractivity contribution in [2.75, 3.05) is 25.0 Å². The van der Waals surface area contributed by atoms with E-state index in [0.29, 0.717) is 37.4 Å². The fourth-order valence-corrected chi connectivity index (χ4v) is 8.24. The number of fused-ring (bicyclic) bond motifs is 3. The lowest BCUT2D eigenvalue weighted by atomic mass is 9.99. The van der Waals surface area contributed by atoms with Crippen LogP contribution in [0.1, 0.15) is 63.5 Å². The number of rotatable bonds is 6. The molecule has 4 N–H and O–H groups in total. The van der Waals surface area contributed by atoms with Gasteiger partial charge in [-0.15, -0.1) is 0 Å². The Bertz CT molecular complexity index is 2010. The number of aryl methyl sites for hydroxylation is 1. The summed E-state index contributed by atoms with van der Waals surface area (Å²) in [4.78, 5) is 102. The lowest BCUT2D eigenvalue weighted by molar-refractivity contribution is -0.163. The van der Waals surface area contributed by atoms with Crippen molar-refractivity contribution in [3.8, 4) is 6.07 Å². The minimum absolute atomic E-state index is 0.000303. The molecule has 314 valence electrons. The molecule has 8 atom stereocenters. The molecule has 4 aliphatic heterocycles. The van der Waals surface area contributed by atoms with Crippen molar-refractivity contribution in [1.82, 2.24) is 30.7 Å². The highest BCUT2D eigenvalue weighted by Gasteiger charge is 2.48. The monoisotopic (exact) mass is 818 g/mol. The van der Waals surface area contributed by atoms with Gasteiger partial charge >= 0.3 is 12.0 Å². The zero-order valence-corrected chi connectivity index (χ0v) is 33.0.